The molecule has 0 saturated carbocycles. The third-order valence-corrected chi connectivity index (χ3v) is 4.70. The van der Waals surface area contributed by atoms with Gasteiger partial charge in [0.05, 0.1) is 10.9 Å². The van der Waals surface area contributed by atoms with Crippen LogP contribution < -0.4 is 11.1 Å². The molecule has 0 aliphatic heterocycles. The molecule has 1 amide bonds. The smallest absolute Gasteiger partial charge is 0.325 e. The summed E-state index contributed by atoms with van der Waals surface area (Å²) < 4.78 is 47.2. The van der Waals surface area contributed by atoms with Crippen LogP contribution in [0.4, 0.5) is 14.5 Å². The van der Waals surface area contributed by atoms with E-state index >= 15 is 0 Å². The summed E-state index contributed by atoms with van der Waals surface area (Å²) in [6, 6.07) is 3.85. The molecule has 1 rings (SSSR count). The lowest BCUT2D eigenvalue weighted by Crippen LogP contribution is -2.36. The summed E-state index contributed by atoms with van der Waals surface area (Å²) in [5.41, 5.74) is 5.97. The van der Waals surface area contributed by atoms with E-state index in [4.69, 9.17) is 5.73 Å². The predicted octanol–water partition coefficient (Wildman–Crippen LogP) is 1.70. The average Bonchev–Trinajstić information content (AvgIpc) is 2.45. The van der Waals surface area contributed by atoms with Crippen molar-refractivity contribution >= 4 is 33.2 Å². The van der Waals surface area contributed by atoms with Crippen LogP contribution in [0.25, 0.3) is 0 Å². The second kappa shape index (κ2) is 7.71. The van der Waals surface area contributed by atoms with Crippen LogP contribution in [0.5, 0.6) is 0 Å². The fourth-order valence-electron chi connectivity index (χ4n) is 1.44. The standard InChI is InChI=1S/C12H16F2N2O3S2/c1-20-7-6-10(15)11(17)16-8-2-4-9(5-3-8)21(18,19)12(13)14/h2-5,10,12H,6-7,15H2,1H3,(H,16,17)/t10-/m0/s1. The number of nitrogens with one attached hydrogen (secondary N) is 1. The van der Waals surface area contributed by atoms with E-state index in [1.807, 2.05) is 6.26 Å². The Bertz CT molecular complexity index is 577. The zero-order valence-corrected chi connectivity index (χ0v) is 12.9. The summed E-state index contributed by atoms with van der Waals surface area (Å²) in [4.78, 5) is 11.2. The molecule has 0 aliphatic rings. The highest BCUT2D eigenvalue weighted by atomic mass is 32.2. The number of sulfone groups is 1. The lowest BCUT2D eigenvalue weighted by Gasteiger charge is -2.12. The molecular formula is C12H16F2N2O3S2. The number of halogens is 2. The summed E-state index contributed by atoms with van der Waals surface area (Å²) in [7, 11) is -4.62. The Balaban J connectivity index is 2.74. The van der Waals surface area contributed by atoms with Gasteiger partial charge in [-0.15, -0.1) is 0 Å². The largest absolute Gasteiger partial charge is 0.341 e. The van der Waals surface area contributed by atoms with Crippen molar-refractivity contribution in [3.8, 4) is 0 Å². The Labute approximate surface area is 126 Å². The fourth-order valence-corrected chi connectivity index (χ4v) is 2.65. The van der Waals surface area contributed by atoms with Crippen LogP contribution >= 0.6 is 11.8 Å². The van der Waals surface area contributed by atoms with Crippen molar-refractivity contribution in [3.05, 3.63) is 24.3 Å². The molecule has 5 nitrogen and oxygen atoms in total. The number of nitrogens with two attached hydrogens (primary N) is 1. The predicted molar refractivity (Wildman–Crippen MR) is 79.2 cm³/mol. The highest BCUT2D eigenvalue weighted by Gasteiger charge is 2.26. The third kappa shape index (κ3) is 4.94. The zero-order chi connectivity index (χ0) is 16.0. The number of hydrogen-bond donors (Lipinski definition) is 2. The van der Waals surface area contributed by atoms with Crippen molar-refractivity contribution in [1.82, 2.24) is 0 Å². The molecule has 0 spiro atoms. The van der Waals surface area contributed by atoms with Gasteiger partial charge in [0.2, 0.25) is 15.7 Å². The van der Waals surface area contributed by atoms with Crippen molar-refractivity contribution in [2.45, 2.75) is 23.1 Å². The van der Waals surface area contributed by atoms with Gasteiger partial charge in [-0.25, -0.2) is 8.42 Å². The van der Waals surface area contributed by atoms with Gasteiger partial charge in [-0.3, -0.25) is 4.79 Å². The first-order chi connectivity index (χ1) is 9.78. The van der Waals surface area contributed by atoms with Crippen molar-refractivity contribution < 1.29 is 22.0 Å². The van der Waals surface area contributed by atoms with E-state index in [1.165, 1.54) is 12.1 Å². The molecule has 9 heteroatoms. The van der Waals surface area contributed by atoms with E-state index in [0.717, 1.165) is 17.9 Å². The first-order valence-corrected chi connectivity index (χ1v) is 8.90. The molecule has 0 bridgehead atoms. The van der Waals surface area contributed by atoms with Crippen LogP contribution in [0.2, 0.25) is 0 Å². The Kier molecular flexibility index (Phi) is 6.56. The number of alkyl halides is 2. The van der Waals surface area contributed by atoms with Crippen LogP contribution in [-0.2, 0) is 14.6 Å². The van der Waals surface area contributed by atoms with Gasteiger partial charge in [0.25, 0.3) is 0 Å². The van der Waals surface area contributed by atoms with E-state index in [2.05, 4.69) is 5.32 Å². The van der Waals surface area contributed by atoms with E-state index in [-0.39, 0.29) is 0 Å². The quantitative estimate of drug-likeness (QED) is 0.790. The van der Waals surface area contributed by atoms with Crippen molar-refractivity contribution in [1.29, 1.82) is 0 Å². The van der Waals surface area contributed by atoms with Crippen molar-refractivity contribution in [2.75, 3.05) is 17.3 Å². The van der Waals surface area contributed by atoms with Crippen molar-refractivity contribution in [2.24, 2.45) is 5.73 Å². The first kappa shape index (κ1) is 17.9. The maximum Gasteiger partial charge on any atom is 0.341 e. The normalized spacial score (nSPS) is 13.2. The highest BCUT2D eigenvalue weighted by Crippen LogP contribution is 2.20. The van der Waals surface area contributed by atoms with Gasteiger partial charge in [0.1, 0.15) is 0 Å². The number of hydrogen-bond acceptors (Lipinski definition) is 5. The van der Waals surface area contributed by atoms with Crippen LogP contribution in [-0.4, -0.2) is 38.1 Å². The number of carbonyl (C=O) groups is 1. The van der Waals surface area contributed by atoms with E-state index < -0.39 is 32.4 Å². The number of rotatable bonds is 7. The maximum atomic E-state index is 12.4. The Hall–Kier alpha value is -1.19. The van der Waals surface area contributed by atoms with E-state index in [1.54, 1.807) is 11.8 Å². The second-order valence-electron chi connectivity index (χ2n) is 4.21. The van der Waals surface area contributed by atoms with Gasteiger partial charge >= 0.3 is 5.76 Å². The molecule has 0 fully saturated rings. The summed E-state index contributed by atoms with van der Waals surface area (Å²) in [6.45, 7) is 0. The maximum absolute atomic E-state index is 12.4. The van der Waals surface area contributed by atoms with E-state index in [9.17, 15) is 22.0 Å². The Morgan fingerprint density at radius 2 is 1.90 bits per heavy atom. The zero-order valence-electron chi connectivity index (χ0n) is 11.3. The molecule has 1 atom stereocenters. The SMILES string of the molecule is CSCC[C@H](N)C(=O)Nc1ccc(S(=O)(=O)C(F)F)cc1. The summed E-state index contributed by atoms with van der Waals surface area (Å²) >= 11 is 1.56. The number of benzene rings is 1. The average molecular weight is 338 g/mol. The Morgan fingerprint density at radius 3 is 2.38 bits per heavy atom. The highest BCUT2D eigenvalue weighted by molar-refractivity contribution is 7.98. The Morgan fingerprint density at radius 1 is 1.33 bits per heavy atom. The molecule has 0 saturated heterocycles. The van der Waals surface area contributed by atoms with Gasteiger partial charge < -0.3 is 11.1 Å². The minimum absolute atomic E-state index is 0.299. The molecule has 1 aromatic rings. The molecule has 1 aromatic carbocycles. The fraction of sp³-hybridized carbons (Fsp3) is 0.417. The molecule has 0 heterocycles. The van der Waals surface area contributed by atoms with Crippen LogP contribution in [0.3, 0.4) is 0 Å². The molecule has 0 unspecified atom stereocenters. The number of thioether (sulfide) groups is 1. The monoisotopic (exact) mass is 338 g/mol. The van der Waals surface area contributed by atoms with Crippen LogP contribution in [0.15, 0.2) is 29.2 Å². The lowest BCUT2D eigenvalue weighted by molar-refractivity contribution is -0.117. The van der Waals surface area contributed by atoms with Gasteiger partial charge in [0, 0.05) is 5.69 Å². The molecule has 3 N–H and O–H groups in total. The minimum Gasteiger partial charge on any atom is -0.325 e. The number of anilines is 1. The molecular weight excluding hydrogens is 322 g/mol. The number of amides is 1. The van der Waals surface area contributed by atoms with Gasteiger partial charge in [-0.1, -0.05) is 0 Å². The molecule has 118 valence electrons. The van der Waals surface area contributed by atoms with Gasteiger partial charge in [-0.05, 0) is 42.7 Å². The molecule has 0 aromatic heterocycles. The van der Waals surface area contributed by atoms with Gasteiger partial charge in [-0.2, -0.15) is 20.5 Å². The summed E-state index contributed by atoms with van der Waals surface area (Å²) in [6.07, 6.45) is 2.40. The van der Waals surface area contributed by atoms with Gasteiger partial charge in [0.15, 0.2) is 0 Å². The second-order valence-corrected chi connectivity index (χ2v) is 7.11. The number of carbonyl (C=O) groups excluding carboxylic acids is 1. The lowest BCUT2D eigenvalue weighted by atomic mass is 10.2. The van der Waals surface area contributed by atoms with Crippen LogP contribution in [0, 0.1) is 0 Å². The minimum atomic E-state index is -4.62. The topological polar surface area (TPSA) is 89.3 Å². The first-order valence-electron chi connectivity index (χ1n) is 5.96. The van der Waals surface area contributed by atoms with E-state index in [0.29, 0.717) is 12.1 Å². The summed E-state index contributed by atoms with van der Waals surface area (Å²) in [5, 5.41) is 2.50. The van der Waals surface area contributed by atoms with Crippen LogP contribution in [0.1, 0.15) is 6.42 Å². The third-order valence-electron chi connectivity index (χ3n) is 2.65. The molecule has 0 radical (unpaired) electrons. The molecule has 0 aliphatic carbocycles. The summed E-state index contributed by atoms with van der Waals surface area (Å²) in [5.74, 6) is -3.15. The van der Waals surface area contributed by atoms with Crippen molar-refractivity contribution in [3.63, 3.8) is 0 Å². The molecule has 21 heavy (non-hydrogen) atoms.